The van der Waals surface area contributed by atoms with E-state index in [1.807, 2.05) is 0 Å². The van der Waals surface area contributed by atoms with Crippen LogP contribution < -0.4 is 11.1 Å². The number of nitrogens with two attached hydrogens (primary N) is 1. The largest absolute Gasteiger partial charge is 0.352 e. The van der Waals surface area contributed by atoms with Crippen LogP contribution in [0.15, 0.2) is 24.3 Å². The van der Waals surface area contributed by atoms with E-state index in [9.17, 15) is 4.79 Å². The van der Waals surface area contributed by atoms with E-state index in [4.69, 9.17) is 5.73 Å². The number of carbonyl (C=O) groups is 1. The molecule has 148 valence electrons. The molecule has 0 aromatic heterocycles. The summed E-state index contributed by atoms with van der Waals surface area (Å²) in [5, 5.41) is 3.17. The summed E-state index contributed by atoms with van der Waals surface area (Å²) >= 11 is 0. The highest BCUT2D eigenvalue weighted by Crippen LogP contribution is 2.47. The van der Waals surface area contributed by atoms with Crippen molar-refractivity contribution in [3.05, 3.63) is 35.4 Å². The molecule has 2 aliphatic rings. The number of nitrogens with one attached hydrogen (secondary N) is 1. The molecular weight excluding hydrogens is 369 g/mol. The highest BCUT2D eigenvalue weighted by Gasteiger charge is 2.48. The summed E-state index contributed by atoms with van der Waals surface area (Å²) in [5.41, 5.74) is 8.82. The maximum atomic E-state index is 12.7. The summed E-state index contributed by atoms with van der Waals surface area (Å²) in [6, 6.07) is 8.49. The topological polar surface area (TPSA) is 58.4 Å². The third-order valence-corrected chi connectivity index (χ3v) is 6.14. The number of fused-ring (bicyclic) bond motifs is 2. The third-order valence-electron chi connectivity index (χ3n) is 6.14. The fraction of sp³-hybridized carbons (Fsp3) is 0.650. The summed E-state index contributed by atoms with van der Waals surface area (Å²) in [6.45, 7) is 7.99. The first kappa shape index (κ1) is 23.2. The van der Waals surface area contributed by atoms with Crippen LogP contribution in [0.25, 0.3) is 0 Å². The Balaban J connectivity index is 0.00000169. The van der Waals surface area contributed by atoms with Crippen molar-refractivity contribution in [2.45, 2.75) is 52.2 Å². The Bertz CT molecular complexity index is 578. The zero-order chi connectivity index (χ0) is 17.1. The molecule has 0 heterocycles. The van der Waals surface area contributed by atoms with Crippen LogP contribution in [0.4, 0.5) is 0 Å². The molecule has 26 heavy (non-hydrogen) atoms. The van der Waals surface area contributed by atoms with Gasteiger partial charge in [0, 0.05) is 19.1 Å². The number of hydrogen-bond donors (Lipinski definition) is 2. The molecule has 1 aromatic carbocycles. The molecular formula is C20H33Cl2N3O. The summed E-state index contributed by atoms with van der Waals surface area (Å²) in [6.07, 6.45) is 3.54. The first-order valence-electron chi connectivity index (χ1n) is 9.46. The van der Waals surface area contributed by atoms with Gasteiger partial charge in [-0.3, -0.25) is 9.69 Å². The fourth-order valence-corrected chi connectivity index (χ4v) is 4.60. The zero-order valence-electron chi connectivity index (χ0n) is 15.8. The first-order chi connectivity index (χ1) is 11.6. The van der Waals surface area contributed by atoms with Crippen molar-refractivity contribution >= 4 is 30.7 Å². The molecule has 1 amide bonds. The van der Waals surface area contributed by atoms with E-state index >= 15 is 0 Å². The molecule has 2 saturated carbocycles. The van der Waals surface area contributed by atoms with Crippen molar-refractivity contribution in [3.63, 3.8) is 0 Å². The van der Waals surface area contributed by atoms with Crippen LogP contribution in [-0.2, 0) is 17.9 Å². The number of amides is 1. The molecule has 3 N–H and O–H groups in total. The standard InChI is InChI=1S/C20H31N3O.2ClH/c1-3-23(4-2)13-17-8-6-5-7-16(17)12-22-20(24)18-14-9-10-15(11-14)19(18)21;;/h5-8,14-15,18-19H,3-4,9-13,21H2,1-2H3,(H,22,24);2*1H. The number of hydrogen-bond acceptors (Lipinski definition) is 3. The van der Waals surface area contributed by atoms with Crippen molar-refractivity contribution in [1.29, 1.82) is 0 Å². The molecule has 0 spiro atoms. The van der Waals surface area contributed by atoms with Crippen LogP contribution in [0.2, 0.25) is 0 Å². The minimum atomic E-state index is 0. The normalized spacial score (nSPS) is 26.3. The zero-order valence-corrected chi connectivity index (χ0v) is 17.5. The van der Waals surface area contributed by atoms with Crippen molar-refractivity contribution in [2.75, 3.05) is 13.1 Å². The van der Waals surface area contributed by atoms with Gasteiger partial charge >= 0.3 is 0 Å². The predicted octanol–water partition coefficient (Wildman–Crippen LogP) is 3.36. The Morgan fingerprint density at radius 3 is 2.31 bits per heavy atom. The second kappa shape index (κ2) is 10.5. The Labute approximate surface area is 170 Å². The van der Waals surface area contributed by atoms with Gasteiger partial charge in [-0.25, -0.2) is 0 Å². The summed E-state index contributed by atoms with van der Waals surface area (Å²) in [7, 11) is 0. The molecule has 2 bridgehead atoms. The van der Waals surface area contributed by atoms with Gasteiger partial charge in [0.15, 0.2) is 0 Å². The van der Waals surface area contributed by atoms with Crippen LogP contribution in [0.1, 0.15) is 44.2 Å². The number of rotatable bonds is 7. The maximum Gasteiger partial charge on any atom is 0.225 e. The van der Waals surface area contributed by atoms with Crippen molar-refractivity contribution in [1.82, 2.24) is 10.2 Å². The molecule has 2 fully saturated rings. The lowest BCUT2D eigenvalue weighted by Gasteiger charge is -2.27. The molecule has 3 rings (SSSR count). The molecule has 0 radical (unpaired) electrons. The Kier molecular flexibility index (Phi) is 9.39. The molecule has 4 nitrogen and oxygen atoms in total. The summed E-state index contributed by atoms with van der Waals surface area (Å²) in [5.74, 6) is 1.27. The first-order valence-corrected chi connectivity index (χ1v) is 9.46. The highest BCUT2D eigenvalue weighted by atomic mass is 35.5. The van der Waals surface area contributed by atoms with Crippen molar-refractivity contribution < 1.29 is 4.79 Å². The second-order valence-electron chi connectivity index (χ2n) is 7.38. The molecule has 1 aromatic rings. The number of carbonyl (C=O) groups excluding carboxylic acids is 1. The Morgan fingerprint density at radius 2 is 1.73 bits per heavy atom. The van der Waals surface area contributed by atoms with Gasteiger partial charge < -0.3 is 11.1 Å². The lowest BCUT2D eigenvalue weighted by atomic mass is 9.84. The van der Waals surface area contributed by atoms with Gasteiger partial charge in [-0.2, -0.15) is 0 Å². The second-order valence-corrected chi connectivity index (χ2v) is 7.38. The van der Waals surface area contributed by atoms with Crippen LogP contribution >= 0.6 is 24.8 Å². The van der Waals surface area contributed by atoms with Gasteiger partial charge in [0.1, 0.15) is 0 Å². The van der Waals surface area contributed by atoms with E-state index < -0.39 is 0 Å². The monoisotopic (exact) mass is 401 g/mol. The van der Waals surface area contributed by atoms with Crippen LogP contribution in [0.3, 0.4) is 0 Å². The van der Waals surface area contributed by atoms with E-state index in [1.54, 1.807) is 0 Å². The maximum absolute atomic E-state index is 12.7. The molecule has 4 unspecified atom stereocenters. The molecule has 6 heteroatoms. The molecule has 0 saturated heterocycles. The Morgan fingerprint density at radius 1 is 1.12 bits per heavy atom. The van der Waals surface area contributed by atoms with E-state index in [2.05, 4.69) is 48.3 Å². The Hall–Kier alpha value is -0.810. The van der Waals surface area contributed by atoms with E-state index in [0.29, 0.717) is 18.4 Å². The average molecular weight is 402 g/mol. The molecule has 2 aliphatic carbocycles. The van der Waals surface area contributed by atoms with E-state index in [-0.39, 0.29) is 42.7 Å². The number of benzene rings is 1. The third kappa shape index (κ3) is 4.92. The van der Waals surface area contributed by atoms with Crippen LogP contribution in [-0.4, -0.2) is 29.9 Å². The lowest BCUT2D eigenvalue weighted by Crippen LogP contribution is -2.45. The smallest absolute Gasteiger partial charge is 0.225 e. The van der Waals surface area contributed by atoms with Gasteiger partial charge in [0.2, 0.25) is 5.91 Å². The molecule has 4 atom stereocenters. The summed E-state index contributed by atoms with van der Waals surface area (Å²) < 4.78 is 0. The van der Waals surface area contributed by atoms with Gasteiger partial charge in [0.25, 0.3) is 0 Å². The van der Waals surface area contributed by atoms with Gasteiger partial charge in [-0.05, 0) is 55.3 Å². The van der Waals surface area contributed by atoms with Crippen LogP contribution in [0, 0.1) is 17.8 Å². The van der Waals surface area contributed by atoms with Crippen LogP contribution in [0.5, 0.6) is 0 Å². The van der Waals surface area contributed by atoms with Gasteiger partial charge in [0.05, 0.1) is 5.92 Å². The minimum absolute atomic E-state index is 0. The highest BCUT2D eigenvalue weighted by molar-refractivity contribution is 5.85. The number of halogens is 2. The minimum Gasteiger partial charge on any atom is -0.352 e. The average Bonchev–Trinajstić information content (AvgIpc) is 3.19. The van der Waals surface area contributed by atoms with Crippen molar-refractivity contribution in [2.24, 2.45) is 23.5 Å². The van der Waals surface area contributed by atoms with E-state index in [0.717, 1.165) is 26.1 Å². The lowest BCUT2D eigenvalue weighted by molar-refractivity contribution is -0.127. The SMILES string of the molecule is CCN(CC)Cc1ccccc1CNC(=O)C1C2CCC(C2)C1N.Cl.Cl. The molecule has 0 aliphatic heterocycles. The van der Waals surface area contributed by atoms with E-state index in [1.165, 1.54) is 24.0 Å². The predicted molar refractivity (Wildman–Crippen MR) is 112 cm³/mol. The fourth-order valence-electron chi connectivity index (χ4n) is 4.60. The quantitative estimate of drug-likeness (QED) is 0.735. The van der Waals surface area contributed by atoms with Gasteiger partial charge in [-0.1, -0.05) is 38.1 Å². The number of nitrogens with zero attached hydrogens (tertiary/aromatic N) is 1. The summed E-state index contributed by atoms with van der Waals surface area (Å²) in [4.78, 5) is 15.1. The van der Waals surface area contributed by atoms with Gasteiger partial charge in [-0.15, -0.1) is 24.8 Å². The van der Waals surface area contributed by atoms with Crippen molar-refractivity contribution in [3.8, 4) is 0 Å².